The first kappa shape index (κ1) is 13.7. The second-order valence-corrected chi connectivity index (χ2v) is 4.43. The molecule has 0 saturated carbocycles. The van der Waals surface area contributed by atoms with Crippen molar-refractivity contribution in [3.05, 3.63) is 33.6 Å². The molecule has 1 aromatic carbocycles. The molecule has 0 aliphatic carbocycles. The zero-order valence-corrected chi connectivity index (χ0v) is 10.4. The van der Waals surface area contributed by atoms with Gasteiger partial charge in [0.25, 0.3) is 0 Å². The maximum atomic E-state index is 13.5. The molecule has 0 spiro atoms. The first-order valence-electron chi connectivity index (χ1n) is 5.17. The molecule has 0 fully saturated rings. The highest BCUT2D eigenvalue weighted by Crippen LogP contribution is 2.33. The topological polar surface area (TPSA) is 52.0 Å². The highest BCUT2D eigenvalue weighted by atomic mass is 35.5. The fraction of sp³-hybridized carbons (Fsp3) is 0.455. The van der Waals surface area contributed by atoms with E-state index < -0.39 is 11.9 Å². The van der Waals surface area contributed by atoms with E-state index in [2.05, 4.69) is 0 Å². The standard InChI is InChI=1S/C11H15Cl2FN2/c12-7-4-5-8(14)10(11(7)13)9(16)3-1-2-6-15/h4-5,9H,1-3,6,15-16H2/t9-/m0/s1. The quantitative estimate of drug-likeness (QED) is 0.634. The molecule has 0 aromatic heterocycles. The Morgan fingerprint density at radius 1 is 1.25 bits per heavy atom. The number of hydrogen-bond donors (Lipinski definition) is 2. The van der Waals surface area contributed by atoms with Gasteiger partial charge in [-0.3, -0.25) is 0 Å². The zero-order valence-electron chi connectivity index (χ0n) is 8.85. The Labute approximate surface area is 105 Å². The molecule has 1 atom stereocenters. The van der Waals surface area contributed by atoms with Crippen LogP contribution in [-0.2, 0) is 0 Å². The van der Waals surface area contributed by atoms with Crippen LogP contribution in [0.1, 0.15) is 30.9 Å². The number of unbranched alkanes of at least 4 members (excludes halogenated alkanes) is 1. The van der Waals surface area contributed by atoms with Gasteiger partial charge in [0.1, 0.15) is 5.82 Å². The second-order valence-electron chi connectivity index (χ2n) is 3.65. The first-order chi connectivity index (χ1) is 7.57. The van der Waals surface area contributed by atoms with Crippen LogP contribution in [0.25, 0.3) is 0 Å². The SMILES string of the molecule is NCCCC[C@H](N)c1c(F)ccc(Cl)c1Cl. The minimum atomic E-state index is -0.433. The van der Waals surface area contributed by atoms with Gasteiger partial charge in [-0.2, -0.15) is 0 Å². The minimum absolute atomic E-state index is 0.210. The Morgan fingerprint density at radius 2 is 1.94 bits per heavy atom. The number of nitrogens with two attached hydrogens (primary N) is 2. The molecule has 1 aromatic rings. The zero-order chi connectivity index (χ0) is 12.1. The van der Waals surface area contributed by atoms with Gasteiger partial charge >= 0.3 is 0 Å². The van der Waals surface area contributed by atoms with Gasteiger partial charge < -0.3 is 11.5 Å². The molecular formula is C11H15Cl2FN2. The molecule has 0 bridgehead atoms. The van der Waals surface area contributed by atoms with Crippen LogP contribution in [-0.4, -0.2) is 6.54 Å². The third-order valence-electron chi connectivity index (χ3n) is 2.42. The summed E-state index contributed by atoms with van der Waals surface area (Å²) in [5.74, 6) is -0.408. The summed E-state index contributed by atoms with van der Waals surface area (Å²) in [6.07, 6.45) is 2.36. The fourth-order valence-electron chi connectivity index (χ4n) is 1.54. The molecule has 0 aliphatic heterocycles. The lowest BCUT2D eigenvalue weighted by atomic mass is 10.0. The lowest BCUT2D eigenvalue weighted by Crippen LogP contribution is -2.13. The Bertz CT molecular complexity index is 358. The van der Waals surface area contributed by atoms with Crippen molar-refractivity contribution < 1.29 is 4.39 Å². The van der Waals surface area contributed by atoms with Crippen LogP contribution in [0, 0.1) is 5.82 Å². The van der Waals surface area contributed by atoms with Crippen molar-refractivity contribution in [3.8, 4) is 0 Å². The molecule has 16 heavy (non-hydrogen) atoms. The molecule has 90 valence electrons. The molecule has 0 heterocycles. The second kappa shape index (κ2) is 6.40. The number of halogens is 3. The molecule has 0 radical (unpaired) electrons. The Morgan fingerprint density at radius 3 is 2.56 bits per heavy atom. The van der Waals surface area contributed by atoms with Crippen molar-refractivity contribution in [2.24, 2.45) is 11.5 Å². The normalized spacial score (nSPS) is 12.8. The van der Waals surface area contributed by atoms with Crippen LogP contribution < -0.4 is 11.5 Å². The van der Waals surface area contributed by atoms with Crippen LogP contribution in [0.5, 0.6) is 0 Å². The summed E-state index contributed by atoms with van der Waals surface area (Å²) >= 11 is 11.7. The maximum Gasteiger partial charge on any atom is 0.129 e. The van der Waals surface area contributed by atoms with E-state index in [0.717, 1.165) is 12.8 Å². The third kappa shape index (κ3) is 3.32. The van der Waals surface area contributed by atoms with Gasteiger partial charge in [-0.05, 0) is 31.5 Å². The van der Waals surface area contributed by atoms with Crippen LogP contribution in [0.15, 0.2) is 12.1 Å². The molecule has 0 aliphatic rings. The molecule has 5 heteroatoms. The van der Waals surface area contributed by atoms with Crippen LogP contribution in [0.2, 0.25) is 10.0 Å². The average molecular weight is 265 g/mol. The predicted molar refractivity (Wildman–Crippen MR) is 66.3 cm³/mol. The Kier molecular flexibility index (Phi) is 5.49. The maximum absolute atomic E-state index is 13.5. The summed E-state index contributed by atoms with van der Waals surface area (Å²) in [6, 6.07) is 2.28. The van der Waals surface area contributed by atoms with Gasteiger partial charge in [-0.1, -0.05) is 29.6 Å². The van der Waals surface area contributed by atoms with Crippen molar-refractivity contribution >= 4 is 23.2 Å². The van der Waals surface area contributed by atoms with Gasteiger partial charge in [-0.25, -0.2) is 4.39 Å². The molecule has 1 rings (SSSR count). The fourth-order valence-corrected chi connectivity index (χ4v) is 1.99. The van der Waals surface area contributed by atoms with Gasteiger partial charge in [-0.15, -0.1) is 0 Å². The average Bonchev–Trinajstić information content (AvgIpc) is 2.24. The number of rotatable bonds is 5. The van der Waals surface area contributed by atoms with Crippen LogP contribution in [0.3, 0.4) is 0 Å². The summed E-state index contributed by atoms with van der Waals surface area (Å²) in [6.45, 7) is 0.610. The molecule has 0 saturated heterocycles. The van der Waals surface area contributed by atoms with Crippen molar-refractivity contribution in [3.63, 3.8) is 0 Å². The molecular weight excluding hydrogens is 250 g/mol. The van der Waals surface area contributed by atoms with E-state index in [1.165, 1.54) is 12.1 Å². The Balaban J connectivity index is 2.81. The molecule has 2 nitrogen and oxygen atoms in total. The van der Waals surface area contributed by atoms with E-state index in [-0.39, 0.29) is 5.02 Å². The van der Waals surface area contributed by atoms with Crippen molar-refractivity contribution in [1.82, 2.24) is 0 Å². The van der Waals surface area contributed by atoms with Gasteiger partial charge in [0, 0.05) is 11.6 Å². The van der Waals surface area contributed by atoms with E-state index in [1.807, 2.05) is 0 Å². The highest BCUT2D eigenvalue weighted by molar-refractivity contribution is 6.42. The van der Waals surface area contributed by atoms with E-state index in [0.29, 0.717) is 23.6 Å². The molecule has 0 unspecified atom stereocenters. The highest BCUT2D eigenvalue weighted by Gasteiger charge is 2.17. The van der Waals surface area contributed by atoms with E-state index in [1.54, 1.807) is 0 Å². The van der Waals surface area contributed by atoms with Gasteiger partial charge in [0.15, 0.2) is 0 Å². The number of benzene rings is 1. The lowest BCUT2D eigenvalue weighted by molar-refractivity contribution is 0.543. The smallest absolute Gasteiger partial charge is 0.129 e. The summed E-state index contributed by atoms with van der Waals surface area (Å²) in [7, 11) is 0. The van der Waals surface area contributed by atoms with E-state index in [9.17, 15) is 4.39 Å². The third-order valence-corrected chi connectivity index (χ3v) is 3.24. The van der Waals surface area contributed by atoms with Crippen molar-refractivity contribution in [2.45, 2.75) is 25.3 Å². The predicted octanol–water partition coefficient (Wildman–Crippen LogP) is 3.26. The summed E-state index contributed by atoms with van der Waals surface area (Å²) in [5.41, 5.74) is 11.6. The Hall–Kier alpha value is -0.350. The summed E-state index contributed by atoms with van der Waals surface area (Å²) in [5, 5.41) is 0.536. The van der Waals surface area contributed by atoms with E-state index >= 15 is 0 Å². The molecule has 0 amide bonds. The summed E-state index contributed by atoms with van der Waals surface area (Å²) in [4.78, 5) is 0. The first-order valence-corrected chi connectivity index (χ1v) is 5.92. The lowest BCUT2D eigenvalue weighted by Gasteiger charge is -2.15. The monoisotopic (exact) mass is 264 g/mol. The van der Waals surface area contributed by atoms with E-state index in [4.69, 9.17) is 34.7 Å². The van der Waals surface area contributed by atoms with Gasteiger partial charge in [0.2, 0.25) is 0 Å². The van der Waals surface area contributed by atoms with Crippen LogP contribution in [0.4, 0.5) is 4.39 Å². The molecule has 4 N–H and O–H groups in total. The van der Waals surface area contributed by atoms with Crippen molar-refractivity contribution in [1.29, 1.82) is 0 Å². The van der Waals surface area contributed by atoms with Crippen LogP contribution >= 0.6 is 23.2 Å². The number of hydrogen-bond acceptors (Lipinski definition) is 2. The largest absolute Gasteiger partial charge is 0.330 e. The minimum Gasteiger partial charge on any atom is -0.330 e. The van der Waals surface area contributed by atoms with Crippen molar-refractivity contribution in [2.75, 3.05) is 6.54 Å². The summed E-state index contributed by atoms with van der Waals surface area (Å²) < 4.78 is 13.5. The van der Waals surface area contributed by atoms with Gasteiger partial charge in [0.05, 0.1) is 10.0 Å².